The van der Waals surface area contributed by atoms with Gasteiger partial charge in [-0.25, -0.2) is 0 Å². The molecule has 0 atom stereocenters. The Balaban J connectivity index is 2.42. The Kier molecular flexibility index (Phi) is 3.91. The van der Waals surface area contributed by atoms with Gasteiger partial charge in [-0.2, -0.15) is 5.26 Å². The van der Waals surface area contributed by atoms with Gasteiger partial charge in [0.15, 0.2) is 0 Å². The summed E-state index contributed by atoms with van der Waals surface area (Å²) in [4.78, 5) is 0.996. The molecule has 0 aromatic heterocycles. The van der Waals surface area contributed by atoms with E-state index in [-0.39, 0.29) is 0 Å². The van der Waals surface area contributed by atoms with Gasteiger partial charge in [0, 0.05) is 10.6 Å². The molecule has 0 saturated carbocycles. The van der Waals surface area contributed by atoms with Gasteiger partial charge in [-0.3, -0.25) is 0 Å². The van der Waals surface area contributed by atoms with Crippen LogP contribution in [0.25, 0.3) is 0 Å². The zero-order valence-corrected chi connectivity index (χ0v) is 11.2. The SMILES string of the molecule is CSc1cccc(Nc2ccccc2C)c1C#N. The zero-order valence-electron chi connectivity index (χ0n) is 10.4. The molecule has 0 unspecified atom stereocenters. The molecular formula is C15H14N2S. The predicted octanol–water partition coefficient (Wildman–Crippen LogP) is 4.33. The second-order valence-electron chi connectivity index (χ2n) is 3.93. The minimum absolute atomic E-state index is 0.702. The van der Waals surface area contributed by atoms with E-state index in [0.717, 1.165) is 21.8 Å². The highest BCUT2D eigenvalue weighted by molar-refractivity contribution is 7.98. The number of rotatable bonds is 3. The second-order valence-corrected chi connectivity index (χ2v) is 4.78. The van der Waals surface area contributed by atoms with E-state index in [1.165, 1.54) is 0 Å². The first kappa shape index (κ1) is 12.5. The molecule has 1 N–H and O–H groups in total. The number of para-hydroxylation sites is 1. The lowest BCUT2D eigenvalue weighted by Gasteiger charge is -2.12. The molecule has 0 aliphatic rings. The number of nitriles is 1. The van der Waals surface area contributed by atoms with Crippen LogP contribution in [0.1, 0.15) is 11.1 Å². The Morgan fingerprint density at radius 2 is 1.78 bits per heavy atom. The Bertz CT molecular complexity index is 600. The number of hydrogen-bond acceptors (Lipinski definition) is 3. The summed E-state index contributed by atoms with van der Waals surface area (Å²) in [6.07, 6.45) is 1.98. The Labute approximate surface area is 112 Å². The number of nitrogens with zero attached hydrogens (tertiary/aromatic N) is 1. The molecule has 2 nitrogen and oxygen atoms in total. The molecule has 2 aromatic carbocycles. The van der Waals surface area contributed by atoms with E-state index in [2.05, 4.69) is 11.4 Å². The molecule has 0 spiro atoms. The molecule has 0 heterocycles. The molecule has 2 rings (SSSR count). The van der Waals surface area contributed by atoms with Crippen molar-refractivity contribution in [3.8, 4) is 6.07 Å². The maximum Gasteiger partial charge on any atom is 0.103 e. The first-order valence-electron chi connectivity index (χ1n) is 5.66. The minimum Gasteiger partial charge on any atom is -0.354 e. The van der Waals surface area contributed by atoms with E-state index in [4.69, 9.17) is 0 Å². The van der Waals surface area contributed by atoms with E-state index in [1.54, 1.807) is 11.8 Å². The van der Waals surface area contributed by atoms with Crippen molar-refractivity contribution in [3.05, 3.63) is 53.6 Å². The van der Waals surface area contributed by atoms with Crippen LogP contribution in [0.2, 0.25) is 0 Å². The smallest absolute Gasteiger partial charge is 0.103 e. The van der Waals surface area contributed by atoms with Crippen LogP contribution >= 0.6 is 11.8 Å². The number of aryl methyl sites for hydroxylation is 1. The van der Waals surface area contributed by atoms with Gasteiger partial charge >= 0.3 is 0 Å². The van der Waals surface area contributed by atoms with Gasteiger partial charge in [-0.15, -0.1) is 11.8 Å². The molecule has 2 aromatic rings. The summed E-state index contributed by atoms with van der Waals surface area (Å²) in [5.41, 5.74) is 3.76. The van der Waals surface area contributed by atoms with Crippen LogP contribution in [0.15, 0.2) is 47.4 Å². The third-order valence-corrected chi connectivity index (χ3v) is 3.55. The molecule has 0 amide bonds. The van der Waals surface area contributed by atoms with Crippen molar-refractivity contribution >= 4 is 23.1 Å². The molecule has 18 heavy (non-hydrogen) atoms. The van der Waals surface area contributed by atoms with E-state index < -0.39 is 0 Å². The summed E-state index contributed by atoms with van der Waals surface area (Å²) in [7, 11) is 0. The first-order valence-corrected chi connectivity index (χ1v) is 6.88. The Morgan fingerprint density at radius 1 is 1.06 bits per heavy atom. The maximum atomic E-state index is 9.27. The summed E-state index contributed by atoms with van der Waals surface area (Å²) < 4.78 is 0. The van der Waals surface area contributed by atoms with Crippen molar-refractivity contribution < 1.29 is 0 Å². The van der Waals surface area contributed by atoms with Gasteiger partial charge in [-0.1, -0.05) is 24.3 Å². The number of thioether (sulfide) groups is 1. The third kappa shape index (κ3) is 2.49. The van der Waals surface area contributed by atoms with Crippen LogP contribution in [0.3, 0.4) is 0 Å². The highest BCUT2D eigenvalue weighted by Crippen LogP contribution is 2.29. The predicted molar refractivity (Wildman–Crippen MR) is 77.4 cm³/mol. The topological polar surface area (TPSA) is 35.8 Å². The average Bonchev–Trinajstić information content (AvgIpc) is 2.41. The monoisotopic (exact) mass is 254 g/mol. The van der Waals surface area contributed by atoms with Gasteiger partial charge in [-0.05, 0) is 36.9 Å². The van der Waals surface area contributed by atoms with Crippen molar-refractivity contribution in [2.24, 2.45) is 0 Å². The molecule has 0 radical (unpaired) electrons. The fourth-order valence-electron chi connectivity index (χ4n) is 1.78. The van der Waals surface area contributed by atoms with Crippen LogP contribution in [0.4, 0.5) is 11.4 Å². The summed E-state index contributed by atoms with van der Waals surface area (Å²) in [5, 5.41) is 12.6. The van der Waals surface area contributed by atoms with Gasteiger partial charge < -0.3 is 5.32 Å². The number of anilines is 2. The van der Waals surface area contributed by atoms with E-state index in [0.29, 0.717) is 5.56 Å². The fourth-order valence-corrected chi connectivity index (χ4v) is 2.35. The summed E-state index contributed by atoms with van der Waals surface area (Å²) in [6.45, 7) is 2.05. The summed E-state index contributed by atoms with van der Waals surface area (Å²) in [6, 6.07) is 16.2. The molecule has 3 heteroatoms. The van der Waals surface area contributed by atoms with Gasteiger partial charge in [0.1, 0.15) is 6.07 Å². The summed E-state index contributed by atoms with van der Waals surface area (Å²) in [5.74, 6) is 0. The molecule has 0 bridgehead atoms. The lowest BCUT2D eigenvalue weighted by atomic mass is 10.1. The minimum atomic E-state index is 0.702. The summed E-state index contributed by atoms with van der Waals surface area (Å²) >= 11 is 1.59. The van der Waals surface area contributed by atoms with Gasteiger partial charge in [0.25, 0.3) is 0 Å². The van der Waals surface area contributed by atoms with Crippen LogP contribution in [0, 0.1) is 18.3 Å². The fraction of sp³-hybridized carbons (Fsp3) is 0.133. The Morgan fingerprint density at radius 3 is 2.44 bits per heavy atom. The largest absolute Gasteiger partial charge is 0.354 e. The maximum absolute atomic E-state index is 9.27. The van der Waals surface area contributed by atoms with Gasteiger partial charge in [0.05, 0.1) is 11.3 Å². The quantitative estimate of drug-likeness (QED) is 0.828. The highest BCUT2D eigenvalue weighted by atomic mass is 32.2. The molecule has 0 aliphatic heterocycles. The van der Waals surface area contributed by atoms with Crippen LogP contribution in [-0.2, 0) is 0 Å². The zero-order chi connectivity index (χ0) is 13.0. The molecule has 0 aliphatic carbocycles. The van der Waals surface area contributed by atoms with Crippen molar-refractivity contribution in [1.29, 1.82) is 5.26 Å². The number of hydrogen-bond donors (Lipinski definition) is 1. The normalized spacial score (nSPS) is 9.83. The van der Waals surface area contributed by atoms with E-state index in [9.17, 15) is 5.26 Å². The highest BCUT2D eigenvalue weighted by Gasteiger charge is 2.08. The van der Waals surface area contributed by atoms with Gasteiger partial charge in [0.2, 0.25) is 0 Å². The molecule has 90 valence electrons. The van der Waals surface area contributed by atoms with E-state index >= 15 is 0 Å². The first-order chi connectivity index (χ1) is 8.76. The molecular weight excluding hydrogens is 240 g/mol. The van der Waals surface area contributed by atoms with Crippen molar-refractivity contribution in [1.82, 2.24) is 0 Å². The lowest BCUT2D eigenvalue weighted by molar-refractivity contribution is 1.35. The number of benzene rings is 2. The molecule has 0 saturated heterocycles. The van der Waals surface area contributed by atoms with Crippen molar-refractivity contribution in [2.75, 3.05) is 11.6 Å². The lowest BCUT2D eigenvalue weighted by Crippen LogP contribution is -1.96. The van der Waals surface area contributed by atoms with Crippen molar-refractivity contribution in [2.45, 2.75) is 11.8 Å². The standard InChI is InChI=1S/C15H14N2S/c1-11-6-3-4-7-13(11)17-14-8-5-9-15(18-2)12(14)10-16/h3-9,17H,1-2H3. The third-order valence-electron chi connectivity index (χ3n) is 2.77. The van der Waals surface area contributed by atoms with Crippen LogP contribution < -0.4 is 5.32 Å². The van der Waals surface area contributed by atoms with Crippen molar-refractivity contribution in [3.63, 3.8) is 0 Å². The van der Waals surface area contributed by atoms with Crippen LogP contribution in [0.5, 0.6) is 0 Å². The average molecular weight is 254 g/mol. The van der Waals surface area contributed by atoms with Crippen LogP contribution in [-0.4, -0.2) is 6.26 Å². The number of nitrogens with one attached hydrogen (secondary N) is 1. The second kappa shape index (κ2) is 5.61. The molecule has 0 fully saturated rings. The van der Waals surface area contributed by atoms with E-state index in [1.807, 2.05) is 55.6 Å². The Hall–Kier alpha value is -1.92.